The van der Waals surface area contributed by atoms with E-state index in [4.69, 9.17) is 11.6 Å². The van der Waals surface area contributed by atoms with Gasteiger partial charge in [0.1, 0.15) is 0 Å². The van der Waals surface area contributed by atoms with Gasteiger partial charge in [-0.3, -0.25) is 10.1 Å². The number of nitro benzene ring substituents is 1. The molecule has 0 heterocycles. The third-order valence-corrected chi connectivity index (χ3v) is 4.39. The molecule has 1 atom stereocenters. The van der Waals surface area contributed by atoms with Crippen molar-refractivity contribution < 1.29 is 4.92 Å². The first-order valence-electron chi connectivity index (χ1n) is 6.08. The maximum absolute atomic E-state index is 10.7. The summed E-state index contributed by atoms with van der Waals surface area (Å²) >= 11 is 6.13. The van der Waals surface area contributed by atoms with Crippen LogP contribution in [0.2, 0.25) is 5.02 Å². The number of halogens is 1. The maximum Gasteiger partial charge on any atom is 0.270 e. The lowest BCUT2D eigenvalue weighted by atomic mass is 9.90. The van der Waals surface area contributed by atoms with Crippen LogP contribution in [0.4, 0.5) is 5.69 Å². The second-order valence-electron chi connectivity index (χ2n) is 5.08. The van der Waals surface area contributed by atoms with E-state index < -0.39 is 4.92 Å². The fourth-order valence-electron chi connectivity index (χ4n) is 2.40. The lowest BCUT2D eigenvalue weighted by molar-refractivity contribution is -0.384. The van der Waals surface area contributed by atoms with Crippen LogP contribution in [-0.2, 0) is 6.42 Å². The normalized spacial score (nSPS) is 18.4. The van der Waals surface area contributed by atoms with Crippen LogP contribution in [0.5, 0.6) is 0 Å². The molecule has 98 valence electrons. The van der Waals surface area contributed by atoms with Gasteiger partial charge in [0.05, 0.1) is 9.95 Å². The van der Waals surface area contributed by atoms with Gasteiger partial charge in [0, 0.05) is 18.2 Å². The molecule has 0 aliphatic heterocycles. The SMILES string of the molecule is CNC(C)C1(Cc2ccc([N+](=O)[O-])cc2Cl)CC1. The van der Waals surface area contributed by atoms with Crippen LogP contribution in [0.15, 0.2) is 18.2 Å². The molecule has 0 spiro atoms. The van der Waals surface area contributed by atoms with Gasteiger partial charge in [0.15, 0.2) is 0 Å². The second-order valence-corrected chi connectivity index (χ2v) is 5.49. The maximum atomic E-state index is 10.7. The minimum atomic E-state index is -0.418. The molecule has 5 heteroatoms. The Bertz CT molecular complexity index is 472. The van der Waals surface area contributed by atoms with Gasteiger partial charge in [-0.1, -0.05) is 17.7 Å². The quantitative estimate of drug-likeness (QED) is 0.659. The summed E-state index contributed by atoms with van der Waals surface area (Å²) in [5, 5.41) is 14.4. The van der Waals surface area contributed by atoms with Gasteiger partial charge < -0.3 is 5.32 Å². The van der Waals surface area contributed by atoms with Gasteiger partial charge in [-0.25, -0.2) is 0 Å². The Morgan fingerprint density at radius 1 is 1.56 bits per heavy atom. The average molecular weight is 269 g/mol. The Labute approximate surface area is 111 Å². The molecule has 1 saturated carbocycles. The Morgan fingerprint density at radius 3 is 2.67 bits per heavy atom. The van der Waals surface area contributed by atoms with E-state index in [-0.39, 0.29) is 11.1 Å². The summed E-state index contributed by atoms with van der Waals surface area (Å²) in [4.78, 5) is 10.2. The third kappa shape index (κ3) is 2.49. The minimum absolute atomic E-state index is 0.0512. The Morgan fingerprint density at radius 2 is 2.22 bits per heavy atom. The number of nitro groups is 1. The number of nitrogens with zero attached hydrogens (tertiary/aromatic N) is 1. The van der Waals surface area contributed by atoms with Crippen LogP contribution in [0, 0.1) is 15.5 Å². The van der Waals surface area contributed by atoms with Gasteiger partial charge in [-0.2, -0.15) is 0 Å². The van der Waals surface area contributed by atoms with E-state index >= 15 is 0 Å². The number of rotatable bonds is 5. The van der Waals surface area contributed by atoms with Crippen molar-refractivity contribution in [1.29, 1.82) is 0 Å². The molecular weight excluding hydrogens is 252 g/mol. The Kier molecular flexibility index (Phi) is 3.59. The highest BCUT2D eigenvalue weighted by atomic mass is 35.5. The van der Waals surface area contributed by atoms with Gasteiger partial charge in [0.25, 0.3) is 5.69 Å². The van der Waals surface area contributed by atoms with Crippen LogP contribution in [0.3, 0.4) is 0 Å². The fraction of sp³-hybridized carbons (Fsp3) is 0.538. The highest BCUT2D eigenvalue weighted by Gasteiger charge is 2.46. The van der Waals surface area contributed by atoms with Crippen molar-refractivity contribution in [3.05, 3.63) is 38.9 Å². The summed E-state index contributed by atoms with van der Waals surface area (Å²) in [7, 11) is 1.96. The highest BCUT2D eigenvalue weighted by molar-refractivity contribution is 6.31. The summed E-state index contributed by atoms with van der Waals surface area (Å²) in [6.07, 6.45) is 3.25. The molecule has 0 aromatic heterocycles. The molecule has 0 bridgehead atoms. The molecule has 2 rings (SSSR count). The predicted molar refractivity (Wildman–Crippen MR) is 72.0 cm³/mol. The minimum Gasteiger partial charge on any atom is -0.317 e. The number of benzene rings is 1. The number of hydrogen-bond acceptors (Lipinski definition) is 3. The Balaban J connectivity index is 2.18. The smallest absolute Gasteiger partial charge is 0.270 e. The average Bonchev–Trinajstić information content (AvgIpc) is 3.11. The predicted octanol–water partition coefficient (Wildman–Crippen LogP) is 3.18. The van der Waals surface area contributed by atoms with Crippen molar-refractivity contribution in [2.24, 2.45) is 5.41 Å². The van der Waals surface area contributed by atoms with Crippen LogP contribution < -0.4 is 5.32 Å². The van der Waals surface area contributed by atoms with Crippen molar-refractivity contribution in [2.45, 2.75) is 32.2 Å². The van der Waals surface area contributed by atoms with Crippen LogP contribution in [0.25, 0.3) is 0 Å². The zero-order valence-electron chi connectivity index (χ0n) is 10.6. The number of nitrogens with one attached hydrogen (secondary N) is 1. The molecule has 0 amide bonds. The molecule has 1 N–H and O–H groups in total. The van der Waals surface area contributed by atoms with Crippen molar-refractivity contribution in [2.75, 3.05) is 7.05 Å². The van der Waals surface area contributed by atoms with Gasteiger partial charge in [-0.05, 0) is 44.2 Å². The Hall–Kier alpha value is -1.13. The fourth-order valence-corrected chi connectivity index (χ4v) is 2.64. The van der Waals surface area contributed by atoms with Crippen LogP contribution >= 0.6 is 11.6 Å². The first kappa shape index (κ1) is 13.3. The largest absolute Gasteiger partial charge is 0.317 e. The summed E-state index contributed by atoms with van der Waals surface area (Å²) in [6, 6.07) is 5.19. The highest BCUT2D eigenvalue weighted by Crippen LogP contribution is 2.51. The molecule has 1 unspecified atom stereocenters. The topological polar surface area (TPSA) is 55.2 Å². The molecule has 1 aromatic carbocycles. The zero-order valence-corrected chi connectivity index (χ0v) is 11.3. The van der Waals surface area contributed by atoms with Crippen molar-refractivity contribution in [3.8, 4) is 0 Å². The molecule has 1 aliphatic rings. The molecule has 4 nitrogen and oxygen atoms in total. The molecular formula is C13H17ClN2O2. The van der Waals surface area contributed by atoms with Gasteiger partial charge in [0.2, 0.25) is 0 Å². The summed E-state index contributed by atoms with van der Waals surface area (Å²) in [5.74, 6) is 0. The first-order chi connectivity index (χ1) is 8.48. The summed E-state index contributed by atoms with van der Waals surface area (Å²) in [5.41, 5.74) is 1.33. The van der Waals surface area contributed by atoms with E-state index in [0.29, 0.717) is 11.1 Å². The standard InChI is InChI=1S/C13H17ClN2O2/c1-9(15-2)13(5-6-13)8-10-3-4-11(16(17)18)7-12(10)14/h3-4,7,9,15H,5-6,8H2,1-2H3. The zero-order chi connectivity index (χ0) is 13.3. The van der Waals surface area contributed by atoms with E-state index in [1.165, 1.54) is 25.0 Å². The van der Waals surface area contributed by atoms with Gasteiger partial charge in [-0.15, -0.1) is 0 Å². The van der Waals surface area contributed by atoms with E-state index in [1.807, 2.05) is 7.05 Å². The first-order valence-corrected chi connectivity index (χ1v) is 6.46. The van der Waals surface area contributed by atoms with Crippen molar-refractivity contribution in [3.63, 3.8) is 0 Å². The van der Waals surface area contributed by atoms with Crippen LogP contribution in [-0.4, -0.2) is 18.0 Å². The van der Waals surface area contributed by atoms with E-state index in [1.54, 1.807) is 6.07 Å². The van der Waals surface area contributed by atoms with E-state index in [0.717, 1.165) is 12.0 Å². The van der Waals surface area contributed by atoms with Crippen molar-refractivity contribution in [1.82, 2.24) is 5.32 Å². The van der Waals surface area contributed by atoms with E-state index in [9.17, 15) is 10.1 Å². The number of non-ortho nitro benzene ring substituents is 1. The summed E-state index contributed by atoms with van der Waals surface area (Å²) < 4.78 is 0. The lowest BCUT2D eigenvalue weighted by Crippen LogP contribution is -2.33. The monoisotopic (exact) mass is 268 g/mol. The van der Waals surface area contributed by atoms with Crippen LogP contribution in [0.1, 0.15) is 25.3 Å². The molecule has 0 radical (unpaired) electrons. The molecule has 1 fully saturated rings. The molecule has 0 saturated heterocycles. The molecule has 1 aliphatic carbocycles. The van der Waals surface area contributed by atoms with Gasteiger partial charge >= 0.3 is 0 Å². The second kappa shape index (κ2) is 4.86. The van der Waals surface area contributed by atoms with Crippen molar-refractivity contribution >= 4 is 17.3 Å². The van der Waals surface area contributed by atoms with E-state index in [2.05, 4.69) is 12.2 Å². The molecule has 18 heavy (non-hydrogen) atoms. The summed E-state index contributed by atoms with van der Waals surface area (Å²) in [6.45, 7) is 2.17. The third-order valence-electron chi connectivity index (χ3n) is 4.03. The lowest BCUT2D eigenvalue weighted by Gasteiger charge is -2.23. The number of hydrogen-bond donors (Lipinski definition) is 1. The molecule has 1 aromatic rings.